The fourth-order valence-corrected chi connectivity index (χ4v) is 4.56. The molecule has 3 aromatic rings. The Labute approximate surface area is 186 Å². The number of aryl methyl sites for hydroxylation is 2. The topological polar surface area (TPSA) is 63.0 Å². The van der Waals surface area contributed by atoms with Crippen LogP contribution in [0.25, 0.3) is 0 Å². The lowest BCUT2D eigenvalue weighted by Crippen LogP contribution is -2.50. The van der Waals surface area contributed by atoms with Crippen LogP contribution in [-0.4, -0.2) is 47.8 Å². The van der Waals surface area contributed by atoms with Gasteiger partial charge in [-0.15, -0.1) is 11.3 Å². The Morgan fingerprint density at radius 1 is 1.03 bits per heavy atom. The Morgan fingerprint density at radius 2 is 1.74 bits per heavy atom. The molecule has 0 aliphatic carbocycles. The van der Waals surface area contributed by atoms with Gasteiger partial charge in [0.15, 0.2) is 5.76 Å². The zero-order valence-electron chi connectivity index (χ0n) is 18.0. The molecular formula is C24H26N2O4S. The molecule has 1 saturated heterocycles. The van der Waals surface area contributed by atoms with Crippen molar-refractivity contribution in [2.45, 2.75) is 27.4 Å². The van der Waals surface area contributed by atoms with Crippen molar-refractivity contribution in [2.75, 3.05) is 26.2 Å². The molecule has 162 valence electrons. The molecule has 0 radical (unpaired) electrons. The molecule has 4 rings (SSSR count). The highest BCUT2D eigenvalue weighted by atomic mass is 32.1. The van der Waals surface area contributed by atoms with Crippen molar-refractivity contribution >= 4 is 23.2 Å². The van der Waals surface area contributed by atoms with Gasteiger partial charge in [-0.3, -0.25) is 9.59 Å². The molecule has 7 heteroatoms. The summed E-state index contributed by atoms with van der Waals surface area (Å²) >= 11 is 1.44. The summed E-state index contributed by atoms with van der Waals surface area (Å²) in [6, 6.07) is 9.46. The summed E-state index contributed by atoms with van der Waals surface area (Å²) in [6.07, 6.45) is 1.49. The smallest absolute Gasteiger partial charge is 0.289 e. The van der Waals surface area contributed by atoms with Gasteiger partial charge >= 0.3 is 0 Å². The van der Waals surface area contributed by atoms with Gasteiger partial charge in [0.25, 0.3) is 11.8 Å². The van der Waals surface area contributed by atoms with Crippen molar-refractivity contribution in [3.05, 3.63) is 74.9 Å². The molecule has 1 fully saturated rings. The van der Waals surface area contributed by atoms with Crippen LogP contribution in [0, 0.1) is 20.8 Å². The second kappa shape index (κ2) is 8.98. The lowest BCUT2D eigenvalue weighted by atomic mass is 10.1. The van der Waals surface area contributed by atoms with Gasteiger partial charge in [-0.1, -0.05) is 6.07 Å². The van der Waals surface area contributed by atoms with Gasteiger partial charge in [-0.2, -0.15) is 0 Å². The third kappa shape index (κ3) is 4.66. The highest BCUT2D eigenvalue weighted by molar-refractivity contribution is 7.12. The van der Waals surface area contributed by atoms with Crippen LogP contribution in [0.1, 0.15) is 42.5 Å². The Morgan fingerprint density at radius 3 is 2.42 bits per heavy atom. The summed E-state index contributed by atoms with van der Waals surface area (Å²) in [5.41, 5.74) is 4.50. The highest BCUT2D eigenvalue weighted by Crippen LogP contribution is 2.25. The van der Waals surface area contributed by atoms with Crippen LogP contribution < -0.4 is 4.74 Å². The first-order valence-electron chi connectivity index (χ1n) is 10.3. The minimum absolute atomic E-state index is 0.00364. The average Bonchev–Trinajstić information content (AvgIpc) is 3.47. The Kier molecular flexibility index (Phi) is 6.13. The predicted octanol–water partition coefficient (Wildman–Crippen LogP) is 4.44. The number of carbonyl (C=O) groups is 2. The van der Waals surface area contributed by atoms with Gasteiger partial charge in [0.1, 0.15) is 12.4 Å². The third-order valence-electron chi connectivity index (χ3n) is 5.61. The minimum atomic E-state index is -0.130. The average molecular weight is 439 g/mol. The van der Waals surface area contributed by atoms with E-state index in [1.165, 1.54) is 28.7 Å². The number of piperazine rings is 1. The molecule has 0 saturated carbocycles. The second-order valence-corrected chi connectivity index (χ2v) is 8.79. The molecule has 6 nitrogen and oxygen atoms in total. The maximum Gasteiger partial charge on any atom is 0.289 e. The largest absolute Gasteiger partial charge is 0.489 e. The zero-order chi connectivity index (χ0) is 22.0. The number of thiophene rings is 1. The van der Waals surface area contributed by atoms with E-state index in [1.807, 2.05) is 17.5 Å². The molecule has 0 N–H and O–H groups in total. The summed E-state index contributed by atoms with van der Waals surface area (Å²) in [6.45, 7) is 8.65. The van der Waals surface area contributed by atoms with E-state index >= 15 is 0 Å². The SMILES string of the molecule is Cc1cc(C)c(C)c(OCc2csc(C(=O)N3CCN(C(=O)c4ccco4)CC3)c2)c1. The number of hydrogen-bond donors (Lipinski definition) is 0. The Bertz CT molecular complexity index is 1080. The summed E-state index contributed by atoms with van der Waals surface area (Å²) in [7, 11) is 0. The fraction of sp³-hybridized carbons (Fsp3) is 0.333. The molecule has 0 unspecified atom stereocenters. The third-order valence-corrected chi connectivity index (χ3v) is 6.58. The van der Waals surface area contributed by atoms with Crippen LogP contribution in [0.4, 0.5) is 0 Å². The lowest BCUT2D eigenvalue weighted by Gasteiger charge is -2.34. The molecule has 31 heavy (non-hydrogen) atoms. The summed E-state index contributed by atoms with van der Waals surface area (Å²) in [5, 5.41) is 1.97. The van der Waals surface area contributed by atoms with E-state index in [0.717, 1.165) is 16.9 Å². The van der Waals surface area contributed by atoms with Crippen molar-refractivity contribution in [1.82, 2.24) is 9.80 Å². The molecule has 0 atom stereocenters. The van der Waals surface area contributed by atoms with Crippen LogP contribution in [0.5, 0.6) is 5.75 Å². The van der Waals surface area contributed by atoms with Crippen molar-refractivity contribution < 1.29 is 18.7 Å². The van der Waals surface area contributed by atoms with Crippen molar-refractivity contribution in [3.63, 3.8) is 0 Å². The quantitative estimate of drug-likeness (QED) is 0.591. The maximum atomic E-state index is 12.9. The Hall–Kier alpha value is -3.06. The number of ether oxygens (including phenoxy) is 1. The molecular weight excluding hydrogens is 412 g/mol. The highest BCUT2D eigenvalue weighted by Gasteiger charge is 2.27. The van der Waals surface area contributed by atoms with Gasteiger partial charge in [0.2, 0.25) is 0 Å². The zero-order valence-corrected chi connectivity index (χ0v) is 18.8. The van der Waals surface area contributed by atoms with Gasteiger partial charge in [0.05, 0.1) is 11.1 Å². The van der Waals surface area contributed by atoms with Crippen molar-refractivity contribution in [2.24, 2.45) is 0 Å². The second-order valence-electron chi connectivity index (χ2n) is 7.87. The molecule has 1 aliphatic heterocycles. The van der Waals surface area contributed by atoms with E-state index in [4.69, 9.17) is 9.15 Å². The van der Waals surface area contributed by atoms with Crippen LogP contribution in [0.15, 0.2) is 46.4 Å². The predicted molar refractivity (Wildman–Crippen MR) is 120 cm³/mol. The van der Waals surface area contributed by atoms with Gasteiger partial charge < -0.3 is 19.0 Å². The standard InChI is InChI=1S/C24H26N2O4S/c1-16-11-17(2)18(3)21(12-16)30-14-19-13-22(31-15-19)24(28)26-8-6-25(7-9-26)23(27)20-5-4-10-29-20/h4-5,10-13,15H,6-9,14H2,1-3H3. The minimum Gasteiger partial charge on any atom is -0.489 e. The Balaban J connectivity index is 1.33. The van der Waals surface area contributed by atoms with E-state index < -0.39 is 0 Å². The first-order chi connectivity index (χ1) is 14.9. The summed E-state index contributed by atoms with van der Waals surface area (Å²) in [4.78, 5) is 29.5. The number of furan rings is 1. The molecule has 1 aliphatic rings. The van der Waals surface area contributed by atoms with Crippen LogP contribution >= 0.6 is 11.3 Å². The molecule has 2 aromatic heterocycles. The number of nitrogens with zero attached hydrogens (tertiary/aromatic N) is 2. The van der Waals surface area contributed by atoms with E-state index in [-0.39, 0.29) is 11.8 Å². The summed E-state index contributed by atoms with van der Waals surface area (Å²) in [5.74, 6) is 1.09. The molecule has 0 bridgehead atoms. The first kappa shape index (κ1) is 21.2. The van der Waals surface area contributed by atoms with Crippen LogP contribution in [-0.2, 0) is 6.61 Å². The monoisotopic (exact) mass is 438 g/mol. The van der Waals surface area contributed by atoms with Crippen molar-refractivity contribution in [3.8, 4) is 5.75 Å². The van der Waals surface area contributed by atoms with E-state index in [0.29, 0.717) is 43.4 Å². The maximum absolute atomic E-state index is 12.9. The fourth-order valence-electron chi connectivity index (χ4n) is 3.70. The summed E-state index contributed by atoms with van der Waals surface area (Å²) < 4.78 is 11.2. The van der Waals surface area contributed by atoms with E-state index in [9.17, 15) is 9.59 Å². The van der Waals surface area contributed by atoms with Gasteiger partial charge in [-0.05, 0) is 67.1 Å². The molecule has 3 heterocycles. The number of benzene rings is 1. The van der Waals surface area contributed by atoms with E-state index in [1.54, 1.807) is 21.9 Å². The number of carbonyl (C=O) groups excluding carboxylic acids is 2. The molecule has 1 aromatic carbocycles. The number of hydrogen-bond acceptors (Lipinski definition) is 5. The normalized spacial score (nSPS) is 14.0. The van der Waals surface area contributed by atoms with Crippen molar-refractivity contribution in [1.29, 1.82) is 0 Å². The van der Waals surface area contributed by atoms with Gasteiger partial charge in [0, 0.05) is 31.7 Å². The van der Waals surface area contributed by atoms with Crippen LogP contribution in [0.2, 0.25) is 0 Å². The number of amides is 2. The number of rotatable bonds is 5. The molecule has 0 spiro atoms. The van der Waals surface area contributed by atoms with Gasteiger partial charge in [-0.25, -0.2) is 0 Å². The lowest BCUT2D eigenvalue weighted by molar-refractivity contribution is 0.0520. The van der Waals surface area contributed by atoms with Crippen LogP contribution in [0.3, 0.4) is 0 Å². The first-order valence-corrected chi connectivity index (χ1v) is 11.2. The molecule has 2 amide bonds. The van der Waals surface area contributed by atoms with E-state index in [2.05, 4.69) is 26.8 Å².